The highest BCUT2D eigenvalue weighted by Gasteiger charge is 2.30. The molecule has 0 bridgehead atoms. The number of aromatic nitrogens is 2. The van der Waals surface area contributed by atoms with Crippen LogP contribution in [0.25, 0.3) is 0 Å². The van der Waals surface area contributed by atoms with Crippen LogP contribution in [0.5, 0.6) is 5.88 Å². The summed E-state index contributed by atoms with van der Waals surface area (Å²) in [6.45, 7) is -2.84. The Labute approximate surface area is 169 Å². The van der Waals surface area contributed by atoms with Crippen molar-refractivity contribution in [3.63, 3.8) is 0 Å². The predicted molar refractivity (Wildman–Crippen MR) is 92.7 cm³/mol. The van der Waals surface area contributed by atoms with Crippen molar-refractivity contribution in [2.75, 3.05) is 11.9 Å². The number of nitrogens with zero attached hydrogens (tertiary/aromatic N) is 2. The van der Waals surface area contributed by atoms with E-state index in [1.165, 1.54) is 6.07 Å². The lowest BCUT2D eigenvalue weighted by atomic mass is 10.1. The molecule has 14 heteroatoms. The third kappa shape index (κ3) is 6.19. The van der Waals surface area contributed by atoms with Gasteiger partial charge in [-0.15, -0.1) is 5.10 Å². The van der Waals surface area contributed by atoms with Gasteiger partial charge >= 0.3 is 6.18 Å². The van der Waals surface area contributed by atoms with Crippen LogP contribution in [-0.4, -0.2) is 40.8 Å². The fourth-order valence-electron chi connectivity index (χ4n) is 2.14. The Morgan fingerprint density at radius 2 is 1.90 bits per heavy atom. The van der Waals surface area contributed by atoms with E-state index < -0.39 is 49.1 Å². The van der Waals surface area contributed by atoms with E-state index in [9.17, 15) is 31.5 Å². The molecular weight excluding hydrogens is 450 g/mol. The maximum atomic E-state index is 12.7. The summed E-state index contributed by atoms with van der Waals surface area (Å²) >= 11 is 11.7. The van der Waals surface area contributed by atoms with Gasteiger partial charge in [-0.2, -0.15) is 13.2 Å². The molecule has 0 unspecified atom stereocenters. The highest BCUT2D eigenvalue weighted by Crippen LogP contribution is 2.31. The van der Waals surface area contributed by atoms with Crippen molar-refractivity contribution < 1.29 is 36.3 Å². The molecule has 0 saturated heterocycles. The number of primary amides is 1. The number of halogens is 7. The Morgan fingerprint density at radius 1 is 1.24 bits per heavy atom. The fourth-order valence-corrected chi connectivity index (χ4v) is 2.69. The van der Waals surface area contributed by atoms with Crippen LogP contribution in [0.3, 0.4) is 0 Å². The van der Waals surface area contributed by atoms with Crippen LogP contribution in [0.1, 0.15) is 20.8 Å². The van der Waals surface area contributed by atoms with Crippen molar-refractivity contribution in [1.29, 1.82) is 0 Å². The van der Waals surface area contributed by atoms with Crippen LogP contribution < -0.4 is 15.8 Å². The van der Waals surface area contributed by atoms with Crippen LogP contribution in [0.2, 0.25) is 10.0 Å². The molecule has 1 heterocycles. The molecule has 0 aliphatic carbocycles. The third-order valence-electron chi connectivity index (χ3n) is 3.24. The summed E-state index contributed by atoms with van der Waals surface area (Å²) in [5.41, 5.74) is 4.09. The first kappa shape index (κ1) is 22.7. The Kier molecular flexibility index (Phi) is 6.90. The predicted octanol–water partition coefficient (Wildman–Crippen LogP) is 3.75. The summed E-state index contributed by atoms with van der Waals surface area (Å²) < 4.78 is 67.1. The Hall–Kier alpha value is -2.60. The number of ether oxygens (including phenoxy) is 1. The average Bonchev–Trinajstić information content (AvgIpc) is 2.96. The average molecular weight is 461 g/mol. The Morgan fingerprint density at radius 3 is 2.45 bits per heavy atom. The summed E-state index contributed by atoms with van der Waals surface area (Å²) in [6, 6.07) is 3.02. The first-order valence-corrected chi connectivity index (χ1v) is 8.28. The van der Waals surface area contributed by atoms with Gasteiger partial charge in [0.25, 0.3) is 18.2 Å². The van der Waals surface area contributed by atoms with Gasteiger partial charge in [0.05, 0.1) is 16.3 Å². The molecule has 0 aliphatic rings. The monoisotopic (exact) mass is 460 g/mol. The van der Waals surface area contributed by atoms with E-state index in [1.54, 1.807) is 0 Å². The maximum absolute atomic E-state index is 12.7. The molecule has 2 aromatic rings. The van der Waals surface area contributed by atoms with Gasteiger partial charge < -0.3 is 15.8 Å². The topological polar surface area (TPSA) is 99.2 Å². The van der Waals surface area contributed by atoms with Crippen molar-refractivity contribution in [3.8, 4) is 5.88 Å². The number of nitrogens with one attached hydrogen (secondary N) is 1. The minimum Gasteiger partial charge on any atom is -0.467 e. The molecule has 2 amide bonds. The summed E-state index contributed by atoms with van der Waals surface area (Å²) in [5, 5.41) is 5.45. The molecule has 0 atom stereocenters. The third-order valence-corrected chi connectivity index (χ3v) is 3.76. The van der Waals surface area contributed by atoms with Gasteiger partial charge in [-0.1, -0.05) is 23.2 Å². The van der Waals surface area contributed by atoms with Gasteiger partial charge in [0.15, 0.2) is 6.61 Å². The van der Waals surface area contributed by atoms with Crippen molar-refractivity contribution >= 4 is 40.7 Å². The van der Waals surface area contributed by atoms with E-state index >= 15 is 0 Å². The lowest BCUT2D eigenvalue weighted by molar-refractivity contribution is -0.154. The number of benzene rings is 1. The summed E-state index contributed by atoms with van der Waals surface area (Å²) in [5.74, 6) is -2.81. The van der Waals surface area contributed by atoms with Crippen molar-refractivity contribution in [1.82, 2.24) is 9.78 Å². The summed E-state index contributed by atoms with van der Waals surface area (Å²) in [7, 11) is 0. The molecule has 3 N–H and O–H groups in total. The highest BCUT2D eigenvalue weighted by atomic mass is 35.5. The fraction of sp³-hybridized carbons (Fsp3) is 0.267. The quantitative estimate of drug-likeness (QED) is 0.614. The van der Waals surface area contributed by atoms with E-state index in [0.717, 1.165) is 12.1 Å². The zero-order chi connectivity index (χ0) is 21.9. The number of alkyl halides is 5. The molecule has 1 aromatic heterocycles. The number of anilines is 1. The van der Waals surface area contributed by atoms with Crippen molar-refractivity contribution in [2.45, 2.75) is 19.1 Å². The number of carbonyl (C=O) groups is 2. The zero-order valence-electron chi connectivity index (χ0n) is 14.1. The van der Waals surface area contributed by atoms with E-state index in [0.29, 0.717) is 4.68 Å². The van der Waals surface area contributed by atoms with Crippen LogP contribution in [0.4, 0.5) is 27.6 Å². The number of carbonyl (C=O) groups excluding carboxylic acids is 2. The van der Waals surface area contributed by atoms with Crippen molar-refractivity contribution in [2.24, 2.45) is 5.73 Å². The molecular formula is C15H11Cl2F5N4O3. The van der Waals surface area contributed by atoms with Crippen LogP contribution >= 0.6 is 23.2 Å². The molecule has 0 radical (unpaired) electrons. The van der Waals surface area contributed by atoms with Gasteiger partial charge in [0.2, 0.25) is 5.88 Å². The number of nitrogens with two attached hydrogens (primary N) is 1. The van der Waals surface area contributed by atoms with Gasteiger partial charge in [-0.25, -0.2) is 8.78 Å². The smallest absolute Gasteiger partial charge is 0.422 e. The molecule has 2 rings (SSSR count). The SMILES string of the molecule is NC(=O)c1cc(Cl)cc(Cl)c1NC(=O)c1cc(OCC(F)(F)F)nn1CC(F)F. The second kappa shape index (κ2) is 8.82. The number of hydrogen-bond acceptors (Lipinski definition) is 4. The van der Waals surface area contributed by atoms with E-state index in [2.05, 4.69) is 15.2 Å². The molecule has 0 spiro atoms. The van der Waals surface area contributed by atoms with Crippen LogP contribution in [0, 0.1) is 0 Å². The second-order valence-electron chi connectivity index (χ2n) is 5.47. The number of hydrogen-bond donors (Lipinski definition) is 2. The molecule has 7 nitrogen and oxygen atoms in total. The summed E-state index contributed by atoms with van der Waals surface area (Å²) in [4.78, 5) is 24.1. The lowest BCUT2D eigenvalue weighted by Gasteiger charge is -2.12. The first-order chi connectivity index (χ1) is 13.4. The van der Waals surface area contributed by atoms with Gasteiger partial charge in [-0.3, -0.25) is 14.3 Å². The Balaban J connectivity index is 2.37. The van der Waals surface area contributed by atoms with Gasteiger partial charge in [-0.05, 0) is 12.1 Å². The standard InChI is InChI=1S/C15H11Cl2F5N4O3/c16-6-1-7(13(23)27)12(8(17)2-6)24-14(28)9-3-11(29-5-15(20,21)22)25-26(9)4-10(18)19/h1-3,10H,4-5H2,(H2,23,27)(H,24,28). The number of amides is 2. The summed E-state index contributed by atoms with van der Waals surface area (Å²) in [6.07, 6.45) is -7.68. The minimum atomic E-state index is -4.71. The molecule has 29 heavy (non-hydrogen) atoms. The highest BCUT2D eigenvalue weighted by molar-refractivity contribution is 6.38. The minimum absolute atomic E-state index is 0.0346. The van der Waals surface area contributed by atoms with E-state index in [-0.39, 0.29) is 21.3 Å². The maximum Gasteiger partial charge on any atom is 0.422 e. The zero-order valence-corrected chi connectivity index (χ0v) is 15.6. The van der Waals surface area contributed by atoms with Gasteiger partial charge in [0, 0.05) is 11.1 Å². The molecule has 0 fully saturated rings. The molecule has 158 valence electrons. The normalized spacial score (nSPS) is 11.6. The molecule has 1 aromatic carbocycles. The number of rotatable bonds is 7. The van der Waals surface area contributed by atoms with Crippen molar-refractivity contribution in [3.05, 3.63) is 39.5 Å². The second-order valence-corrected chi connectivity index (χ2v) is 6.32. The molecule has 0 aliphatic heterocycles. The lowest BCUT2D eigenvalue weighted by Crippen LogP contribution is -2.22. The van der Waals surface area contributed by atoms with Gasteiger partial charge in [0.1, 0.15) is 12.2 Å². The first-order valence-electron chi connectivity index (χ1n) is 7.53. The molecule has 0 saturated carbocycles. The van der Waals surface area contributed by atoms with E-state index in [1.807, 2.05) is 0 Å². The Bertz CT molecular complexity index is 933. The van der Waals surface area contributed by atoms with E-state index in [4.69, 9.17) is 28.9 Å². The van der Waals surface area contributed by atoms with Crippen LogP contribution in [-0.2, 0) is 6.54 Å². The largest absolute Gasteiger partial charge is 0.467 e. The van der Waals surface area contributed by atoms with Crippen LogP contribution in [0.15, 0.2) is 18.2 Å².